The number of aromatic hydroxyl groups is 1. The average Bonchev–Trinajstić information content (AvgIpc) is 2.85. The number of aromatic amines is 1. The quantitative estimate of drug-likeness (QED) is 0.644. The number of Topliss-reactive ketones (excluding diaryl/α,β-unsaturated/α-hetero) is 1. The van der Waals surface area contributed by atoms with E-state index in [1.807, 2.05) is 0 Å². The number of ether oxygens (including phenoxy) is 1. The normalized spacial score (nSPS) is 10.2. The van der Waals surface area contributed by atoms with Gasteiger partial charge in [0.05, 0.1) is 11.9 Å². The van der Waals surface area contributed by atoms with Crippen LogP contribution in [0.15, 0.2) is 30.5 Å². The average molecular weight is 260 g/mol. The van der Waals surface area contributed by atoms with Crippen molar-refractivity contribution in [3.8, 4) is 5.75 Å². The van der Waals surface area contributed by atoms with Crippen molar-refractivity contribution in [2.45, 2.75) is 13.5 Å². The van der Waals surface area contributed by atoms with Crippen LogP contribution in [0, 0.1) is 0 Å². The lowest BCUT2D eigenvalue weighted by Gasteiger charge is -2.04. The summed E-state index contributed by atoms with van der Waals surface area (Å²) < 4.78 is 5.01. The molecule has 0 saturated carbocycles. The number of H-pyrrole nitrogens is 1. The molecule has 2 N–H and O–H groups in total. The fourth-order valence-electron chi connectivity index (χ4n) is 1.48. The van der Waals surface area contributed by atoms with Crippen LogP contribution in [0.4, 0.5) is 0 Å². The number of phenolic OH excluding ortho intramolecular Hbond substituents is 1. The maximum atomic E-state index is 11.7. The number of ketones is 1. The Hall–Kier alpha value is -2.63. The van der Waals surface area contributed by atoms with Crippen LogP contribution in [0.2, 0.25) is 0 Å². The van der Waals surface area contributed by atoms with Crippen LogP contribution in [0.5, 0.6) is 5.75 Å². The highest BCUT2D eigenvalue weighted by Gasteiger charge is 2.12. The van der Waals surface area contributed by atoms with Gasteiger partial charge < -0.3 is 14.8 Å². The van der Waals surface area contributed by atoms with E-state index in [-0.39, 0.29) is 29.5 Å². The molecule has 0 radical (unpaired) electrons. The molecule has 0 aliphatic heterocycles. The molecule has 2 aromatic rings. The molecule has 1 heterocycles. The predicted molar refractivity (Wildman–Crippen MR) is 65.8 cm³/mol. The third-order valence-electron chi connectivity index (χ3n) is 2.44. The summed E-state index contributed by atoms with van der Waals surface area (Å²) in [5.74, 6) is -0.759. The molecule has 0 aliphatic rings. The van der Waals surface area contributed by atoms with Crippen molar-refractivity contribution in [3.63, 3.8) is 0 Å². The van der Waals surface area contributed by atoms with Crippen LogP contribution >= 0.6 is 0 Å². The summed E-state index contributed by atoms with van der Waals surface area (Å²) in [6, 6.07) is 6.10. The van der Waals surface area contributed by atoms with Gasteiger partial charge in [0.2, 0.25) is 0 Å². The number of carbonyl (C=O) groups is 2. The first-order valence-electron chi connectivity index (χ1n) is 5.58. The SMILES string of the molecule is CC(=O)c1ncc(COC(=O)c2ccccc2O)[nH]1. The zero-order valence-electron chi connectivity index (χ0n) is 10.2. The van der Waals surface area contributed by atoms with Crippen molar-refractivity contribution >= 4 is 11.8 Å². The van der Waals surface area contributed by atoms with E-state index < -0.39 is 5.97 Å². The highest BCUT2D eigenvalue weighted by atomic mass is 16.5. The third kappa shape index (κ3) is 2.98. The van der Waals surface area contributed by atoms with Crippen molar-refractivity contribution < 1.29 is 19.4 Å². The van der Waals surface area contributed by atoms with Gasteiger partial charge in [-0.1, -0.05) is 12.1 Å². The number of hydrogen-bond acceptors (Lipinski definition) is 5. The van der Waals surface area contributed by atoms with Crippen LogP contribution in [-0.4, -0.2) is 26.8 Å². The van der Waals surface area contributed by atoms with Gasteiger partial charge in [-0.2, -0.15) is 0 Å². The van der Waals surface area contributed by atoms with E-state index in [1.165, 1.54) is 25.3 Å². The van der Waals surface area contributed by atoms with Crippen LogP contribution in [0.3, 0.4) is 0 Å². The van der Waals surface area contributed by atoms with E-state index in [9.17, 15) is 14.7 Å². The summed E-state index contributed by atoms with van der Waals surface area (Å²) in [5, 5.41) is 9.49. The Morgan fingerprint density at radius 2 is 2.11 bits per heavy atom. The lowest BCUT2D eigenvalue weighted by Crippen LogP contribution is -2.06. The molecule has 0 fully saturated rings. The minimum atomic E-state index is -0.642. The van der Waals surface area contributed by atoms with E-state index in [2.05, 4.69) is 9.97 Å². The summed E-state index contributed by atoms with van der Waals surface area (Å²) in [6.45, 7) is 1.34. The van der Waals surface area contributed by atoms with Crippen LogP contribution < -0.4 is 0 Å². The van der Waals surface area contributed by atoms with E-state index in [1.54, 1.807) is 12.1 Å². The number of para-hydroxylation sites is 1. The van der Waals surface area contributed by atoms with E-state index in [0.717, 1.165) is 0 Å². The van der Waals surface area contributed by atoms with Gasteiger partial charge in [0, 0.05) is 6.92 Å². The Kier molecular flexibility index (Phi) is 3.61. The topological polar surface area (TPSA) is 92.3 Å². The summed E-state index contributed by atoms with van der Waals surface area (Å²) in [6.07, 6.45) is 1.43. The second-order valence-electron chi connectivity index (χ2n) is 3.91. The van der Waals surface area contributed by atoms with Gasteiger partial charge in [-0.3, -0.25) is 4.79 Å². The molecule has 2 rings (SSSR count). The molecule has 0 unspecified atom stereocenters. The number of aromatic nitrogens is 2. The molecule has 1 aromatic heterocycles. The molecular formula is C13H12N2O4. The number of nitrogens with zero attached hydrogens (tertiary/aromatic N) is 1. The monoisotopic (exact) mass is 260 g/mol. The largest absolute Gasteiger partial charge is 0.507 e. The first-order valence-corrected chi connectivity index (χ1v) is 5.58. The maximum Gasteiger partial charge on any atom is 0.342 e. The van der Waals surface area contributed by atoms with Crippen molar-refractivity contribution in [1.82, 2.24) is 9.97 Å². The number of benzene rings is 1. The molecule has 0 saturated heterocycles. The molecule has 98 valence electrons. The van der Waals surface area contributed by atoms with Crippen LogP contribution in [0.1, 0.15) is 33.6 Å². The van der Waals surface area contributed by atoms with Crippen molar-refractivity contribution in [2.75, 3.05) is 0 Å². The van der Waals surface area contributed by atoms with E-state index >= 15 is 0 Å². The van der Waals surface area contributed by atoms with Gasteiger partial charge in [0.15, 0.2) is 11.6 Å². The van der Waals surface area contributed by atoms with Gasteiger partial charge >= 0.3 is 5.97 Å². The lowest BCUT2D eigenvalue weighted by molar-refractivity contribution is 0.0465. The first kappa shape index (κ1) is 12.8. The number of nitrogens with one attached hydrogen (secondary N) is 1. The summed E-state index contributed by atoms with van der Waals surface area (Å²) >= 11 is 0. The minimum Gasteiger partial charge on any atom is -0.507 e. The molecule has 6 nitrogen and oxygen atoms in total. The maximum absolute atomic E-state index is 11.7. The number of esters is 1. The second-order valence-corrected chi connectivity index (χ2v) is 3.91. The summed E-state index contributed by atoms with van der Waals surface area (Å²) in [7, 11) is 0. The van der Waals surface area contributed by atoms with Gasteiger partial charge in [0.25, 0.3) is 0 Å². The molecule has 1 aromatic carbocycles. The Morgan fingerprint density at radius 1 is 1.37 bits per heavy atom. The molecular weight excluding hydrogens is 248 g/mol. The van der Waals surface area contributed by atoms with Gasteiger partial charge in [-0.25, -0.2) is 9.78 Å². The number of phenols is 1. The highest BCUT2D eigenvalue weighted by Crippen LogP contribution is 2.17. The number of hydrogen-bond donors (Lipinski definition) is 2. The fraction of sp³-hybridized carbons (Fsp3) is 0.154. The highest BCUT2D eigenvalue weighted by molar-refractivity contribution is 5.92. The molecule has 0 bridgehead atoms. The Morgan fingerprint density at radius 3 is 2.74 bits per heavy atom. The smallest absolute Gasteiger partial charge is 0.342 e. The minimum absolute atomic E-state index is 0.0482. The molecule has 0 atom stereocenters. The Bertz CT molecular complexity index is 619. The third-order valence-corrected chi connectivity index (χ3v) is 2.44. The number of carbonyl (C=O) groups excluding carboxylic acids is 2. The van der Waals surface area contributed by atoms with Gasteiger partial charge in [0.1, 0.15) is 17.9 Å². The first-order chi connectivity index (χ1) is 9.08. The predicted octanol–water partition coefficient (Wildman–Crippen LogP) is 1.67. The molecule has 0 aliphatic carbocycles. The van der Waals surface area contributed by atoms with Gasteiger partial charge in [-0.15, -0.1) is 0 Å². The van der Waals surface area contributed by atoms with Gasteiger partial charge in [-0.05, 0) is 12.1 Å². The van der Waals surface area contributed by atoms with E-state index in [4.69, 9.17) is 4.74 Å². The molecule has 19 heavy (non-hydrogen) atoms. The van der Waals surface area contributed by atoms with Crippen molar-refractivity contribution in [1.29, 1.82) is 0 Å². The Labute approximate surface area is 109 Å². The fourth-order valence-corrected chi connectivity index (χ4v) is 1.48. The second kappa shape index (κ2) is 5.34. The number of imidazole rings is 1. The Balaban J connectivity index is 2.00. The summed E-state index contributed by atoms with van der Waals surface area (Å²) in [4.78, 5) is 29.3. The zero-order valence-corrected chi connectivity index (χ0v) is 10.2. The number of rotatable bonds is 4. The zero-order chi connectivity index (χ0) is 13.8. The van der Waals surface area contributed by atoms with Crippen molar-refractivity contribution in [2.24, 2.45) is 0 Å². The lowest BCUT2D eigenvalue weighted by atomic mass is 10.2. The molecule has 0 amide bonds. The standard InChI is InChI=1S/C13H12N2O4/c1-8(16)12-14-6-9(15-12)7-19-13(18)10-4-2-3-5-11(10)17/h2-6,17H,7H2,1H3,(H,14,15). The molecule has 6 heteroatoms. The van der Waals surface area contributed by atoms with Crippen molar-refractivity contribution in [3.05, 3.63) is 47.5 Å². The summed E-state index contributed by atoms with van der Waals surface area (Å²) in [5.41, 5.74) is 0.600. The van der Waals surface area contributed by atoms with E-state index in [0.29, 0.717) is 5.69 Å². The molecule has 0 spiro atoms. The van der Waals surface area contributed by atoms with Crippen LogP contribution in [0.25, 0.3) is 0 Å². The van der Waals surface area contributed by atoms with Crippen LogP contribution in [-0.2, 0) is 11.3 Å².